The van der Waals surface area contributed by atoms with E-state index < -0.39 is 24.3 Å². The summed E-state index contributed by atoms with van der Waals surface area (Å²) in [7, 11) is 0. The van der Waals surface area contributed by atoms with E-state index in [9.17, 15) is 22.8 Å². The molecule has 1 N–H and O–H groups in total. The number of amides is 1. The van der Waals surface area contributed by atoms with Gasteiger partial charge in [-0.25, -0.2) is 4.79 Å². The lowest BCUT2D eigenvalue weighted by Crippen LogP contribution is -2.30. The number of anilines is 1. The zero-order valence-electron chi connectivity index (χ0n) is 16.0. The van der Waals surface area contributed by atoms with Gasteiger partial charge in [-0.1, -0.05) is 30.3 Å². The van der Waals surface area contributed by atoms with E-state index in [2.05, 4.69) is 10.1 Å². The number of esters is 1. The van der Waals surface area contributed by atoms with E-state index in [1.807, 2.05) is 32.0 Å². The van der Waals surface area contributed by atoms with Gasteiger partial charge in [-0.2, -0.15) is 0 Å². The average molecular weight is 407 g/mol. The maximum Gasteiger partial charge on any atom is 0.573 e. The molecule has 8 heteroatoms. The van der Waals surface area contributed by atoms with Crippen LogP contribution in [0, 0.1) is 13.8 Å². The minimum atomic E-state index is -4.77. The summed E-state index contributed by atoms with van der Waals surface area (Å²) >= 11 is 0. The van der Waals surface area contributed by atoms with Gasteiger partial charge < -0.3 is 14.8 Å². The van der Waals surface area contributed by atoms with E-state index in [1.54, 1.807) is 0 Å². The Hall–Kier alpha value is -3.29. The van der Waals surface area contributed by atoms with E-state index in [0.29, 0.717) is 11.3 Å². The number of rotatable bonds is 6. The second-order valence-corrected chi connectivity index (χ2v) is 6.29. The molecule has 0 saturated heterocycles. The number of aryl methyl sites for hydroxylation is 2. The van der Waals surface area contributed by atoms with Crippen LogP contribution in [0.4, 0.5) is 18.9 Å². The predicted molar refractivity (Wildman–Crippen MR) is 102 cm³/mol. The van der Waals surface area contributed by atoms with Gasteiger partial charge in [0.05, 0.1) is 0 Å². The Kier molecular flexibility index (Phi) is 7.03. The third-order valence-corrected chi connectivity index (χ3v) is 3.92. The highest BCUT2D eigenvalue weighted by molar-refractivity contribution is 5.97. The van der Waals surface area contributed by atoms with E-state index in [0.717, 1.165) is 29.3 Å². The Morgan fingerprint density at radius 3 is 2.17 bits per heavy atom. The SMILES string of the molecule is Cc1cccc(C)c1NC(=O)[C@H](C)OC(=O)/C=C/c1ccc(OC(F)(F)F)cc1. The second kappa shape index (κ2) is 9.27. The summed E-state index contributed by atoms with van der Waals surface area (Å²) in [5.74, 6) is -1.60. The molecule has 1 atom stereocenters. The van der Waals surface area contributed by atoms with Crippen molar-refractivity contribution < 1.29 is 32.2 Å². The number of carbonyl (C=O) groups excluding carboxylic acids is 2. The van der Waals surface area contributed by atoms with Crippen LogP contribution in [0.1, 0.15) is 23.6 Å². The molecular weight excluding hydrogens is 387 g/mol. The van der Waals surface area contributed by atoms with Gasteiger partial charge in [0.25, 0.3) is 5.91 Å². The maximum absolute atomic E-state index is 12.3. The first-order valence-electron chi connectivity index (χ1n) is 8.67. The molecule has 0 aliphatic rings. The van der Waals surface area contributed by atoms with Crippen molar-refractivity contribution in [2.75, 3.05) is 5.32 Å². The highest BCUT2D eigenvalue weighted by atomic mass is 19.4. The first-order valence-corrected chi connectivity index (χ1v) is 8.67. The fraction of sp³-hybridized carbons (Fsp3) is 0.238. The molecule has 0 fully saturated rings. The normalized spacial score (nSPS) is 12.5. The summed E-state index contributed by atoms with van der Waals surface area (Å²) in [5.41, 5.74) is 2.89. The summed E-state index contributed by atoms with van der Waals surface area (Å²) in [6.07, 6.45) is -3.36. The highest BCUT2D eigenvalue weighted by Crippen LogP contribution is 2.23. The molecule has 0 spiro atoms. The molecule has 29 heavy (non-hydrogen) atoms. The lowest BCUT2D eigenvalue weighted by Gasteiger charge is -2.15. The molecule has 0 radical (unpaired) electrons. The highest BCUT2D eigenvalue weighted by Gasteiger charge is 2.30. The van der Waals surface area contributed by atoms with Gasteiger partial charge >= 0.3 is 12.3 Å². The number of nitrogens with one attached hydrogen (secondary N) is 1. The summed E-state index contributed by atoms with van der Waals surface area (Å²) in [5, 5.41) is 2.74. The molecule has 0 saturated carbocycles. The number of carbonyl (C=O) groups is 2. The van der Waals surface area contributed by atoms with Crippen molar-refractivity contribution >= 4 is 23.6 Å². The third kappa shape index (κ3) is 6.99. The van der Waals surface area contributed by atoms with Gasteiger partial charge in [0.15, 0.2) is 6.10 Å². The lowest BCUT2D eigenvalue weighted by atomic mass is 10.1. The van der Waals surface area contributed by atoms with E-state index in [1.165, 1.54) is 25.1 Å². The monoisotopic (exact) mass is 407 g/mol. The minimum absolute atomic E-state index is 0.367. The van der Waals surface area contributed by atoms with Crippen LogP contribution in [-0.2, 0) is 14.3 Å². The van der Waals surface area contributed by atoms with Crippen LogP contribution in [0.3, 0.4) is 0 Å². The van der Waals surface area contributed by atoms with Crippen molar-refractivity contribution in [3.05, 3.63) is 65.2 Å². The zero-order valence-corrected chi connectivity index (χ0v) is 16.0. The lowest BCUT2D eigenvalue weighted by molar-refractivity contribution is -0.274. The molecule has 0 unspecified atom stereocenters. The largest absolute Gasteiger partial charge is 0.573 e. The van der Waals surface area contributed by atoms with Crippen LogP contribution < -0.4 is 10.1 Å². The molecule has 1 amide bonds. The maximum atomic E-state index is 12.3. The molecule has 0 heterocycles. The predicted octanol–water partition coefficient (Wildman–Crippen LogP) is 4.79. The first-order chi connectivity index (χ1) is 13.5. The summed E-state index contributed by atoms with van der Waals surface area (Å²) < 4.78 is 45.2. The van der Waals surface area contributed by atoms with Crippen LogP contribution >= 0.6 is 0 Å². The molecule has 154 valence electrons. The molecule has 2 aromatic carbocycles. The number of ether oxygens (including phenoxy) is 2. The van der Waals surface area contributed by atoms with E-state index in [4.69, 9.17) is 4.74 Å². The fourth-order valence-corrected chi connectivity index (χ4v) is 2.45. The Labute approximate surface area is 166 Å². The van der Waals surface area contributed by atoms with Gasteiger partial charge in [0, 0.05) is 11.8 Å². The minimum Gasteiger partial charge on any atom is -0.449 e. The summed E-state index contributed by atoms with van der Waals surface area (Å²) in [4.78, 5) is 24.2. The number of alkyl halides is 3. The van der Waals surface area contributed by atoms with E-state index >= 15 is 0 Å². The second-order valence-electron chi connectivity index (χ2n) is 6.29. The molecule has 5 nitrogen and oxygen atoms in total. The van der Waals surface area contributed by atoms with Crippen LogP contribution in [0.25, 0.3) is 6.08 Å². The summed E-state index contributed by atoms with van der Waals surface area (Å²) in [6, 6.07) is 10.5. The molecule has 2 rings (SSSR count). The molecular formula is C21H20F3NO4. The Balaban J connectivity index is 1.91. The topological polar surface area (TPSA) is 64.6 Å². The van der Waals surface area contributed by atoms with Crippen LogP contribution in [0.5, 0.6) is 5.75 Å². The van der Waals surface area contributed by atoms with Crippen molar-refractivity contribution in [2.45, 2.75) is 33.2 Å². The van der Waals surface area contributed by atoms with Crippen LogP contribution in [-0.4, -0.2) is 24.3 Å². The van der Waals surface area contributed by atoms with Crippen molar-refractivity contribution in [3.63, 3.8) is 0 Å². The van der Waals surface area contributed by atoms with Crippen molar-refractivity contribution in [2.24, 2.45) is 0 Å². The molecule has 0 aromatic heterocycles. The third-order valence-electron chi connectivity index (χ3n) is 3.92. The molecule has 2 aromatic rings. The number of halogens is 3. The Morgan fingerprint density at radius 1 is 1.03 bits per heavy atom. The van der Waals surface area contributed by atoms with Gasteiger partial charge in [-0.05, 0) is 55.7 Å². The molecule has 0 aliphatic heterocycles. The van der Waals surface area contributed by atoms with Crippen LogP contribution in [0.15, 0.2) is 48.5 Å². The van der Waals surface area contributed by atoms with Gasteiger partial charge in [-0.15, -0.1) is 13.2 Å². The van der Waals surface area contributed by atoms with Gasteiger partial charge in [0.2, 0.25) is 0 Å². The van der Waals surface area contributed by atoms with Gasteiger partial charge in [0.1, 0.15) is 5.75 Å². The smallest absolute Gasteiger partial charge is 0.449 e. The van der Waals surface area contributed by atoms with Gasteiger partial charge in [-0.3, -0.25) is 4.79 Å². The fourth-order valence-electron chi connectivity index (χ4n) is 2.45. The summed E-state index contributed by atoms with van der Waals surface area (Å²) in [6.45, 7) is 5.15. The van der Waals surface area contributed by atoms with Crippen molar-refractivity contribution in [1.29, 1.82) is 0 Å². The zero-order chi connectivity index (χ0) is 21.6. The molecule has 0 bridgehead atoms. The Bertz CT molecular complexity index is 885. The average Bonchev–Trinajstić information content (AvgIpc) is 2.63. The van der Waals surface area contributed by atoms with Crippen molar-refractivity contribution in [1.82, 2.24) is 0 Å². The number of para-hydroxylation sites is 1. The quantitative estimate of drug-likeness (QED) is 0.553. The first kappa shape index (κ1) is 22.0. The number of benzene rings is 2. The van der Waals surface area contributed by atoms with Crippen molar-refractivity contribution in [3.8, 4) is 5.75 Å². The number of hydrogen-bond acceptors (Lipinski definition) is 4. The van der Waals surface area contributed by atoms with E-state index in [-0.39, 0.29) is 5.75 Å². The van der Waals surface area contributed by atoms with Crippen LogP contribution in [0.2, 0.25) is 0 Å². The number of hydrogen-bond donors (Lipinski definition) is 1. The molecule has 0 aliphatic carbocycles. The Morgan fingerprint density at radius 2 is 1.62 bits per heavy atom. The standard InChI is InChI=1S/C21H20F3NO4/c1-13-5-4-6-14(2)19(13)25-20(27)15(3)28-18(26)12-9-16-7-10-17(11-8-16)29-21(22,23)24/h4-12,15H,1-3H3,(H,25,27)/b12-9+/t15-/m0/s1.